The highest BCUT2D eigenvalue weighted by Gasteiger charge is 2.12. The van der Waals surface area contributed by atoms with Crippen molar-refractivity contribution in [3.8, 4) is 0 Å². The summed E-state index contributed by atoms with van der Waals surface area (Å²) < 4.78 is 27.3. The van der Waals surface area contributed by atoms with Crippen molar-refractivity contribution in [1.82, 2.24) is 0 Å². The van der Waals surface area contributed by atoms with Crippen LogP contribution in [0.4, 0.5) is 14.5 Å². The summed E-state index contributed by atoms with van der Waals surface area (Å²) in [7, 11) is 0. The van der Waals surface area contributed by atoms with E-state index < -0.39 is 17.5 Å². The van der Waals surface area contributed by atoms with E-state index in [0.29, 0.717) is 5.69 Å². The fourth-order valence-electron chi connectivity index (χ4n) is 1.40. The van der Waals surface area contributed by atoms with Gasteiger partial charge in [0.25, 0.3) is 5.91 Å². The molecule has 0 saturated carbocycles. The quantitative estimate of drug-likeness (QED) is 0.812. The normalized spacial score (nSPS) is 10.2. The molecule has 0 atom stereocenters. The van der Waals surface area contributed by atoms with Gasteiger partial charge in [0.1, 0.15) is 11.6 Å². The van der Waals surface area contributed by atoms with Crippen molar-refractivity contribution in [3.05, 3.63) is 63.2 Å². The number of carbonyl (C=O) groups excluding carboxylic acids is 1. The molecule has 0 saturated heterocycles. The van der Waals surface area contributed by atoms with Crippen molar-refractivity contribution in [2.75, 3.05) is 5.32 Å². The molecule has 0 aliphatic carbocycles. The zero-order valence-corrected chi connectivity index (χ0v) is 11.2. The Kier molecular flexibility index (Phi) is 3.90. The average molecular weight is 359 g/mol. The first-order chi connectivity index (χ1) is 8.56. The Labute approximate surface area is 116 Å². The van der Waals surface area contributed by atoms with Crippen LogP contribution in [0.1, 0.15) is 10.4 Å². The summed E-state index contributed by atoms with van der Waals surface area (Å²) in [5, 5.41) is 2.50. The van der Waals surface area contributed by atoms with Crippen LogP contribution in [-0.4, -0.2) is 5.91 Å². The largest absolute Gasteiger partial charge is 0.322 e. The number of rotatable bonds is 2. The van der Waals surface area contributed by atoms with Gasteiger partial charge in [0, 0.05) is 9.26 Å². The number of amides is 1. The molecule has 0 unspecified atom stereocenters. The van der Waals surface area contributed by atoms with Gasteiger partial charge in [0.05, 0.1) is 5.56 Å². The maximum atomic E-state index is 13.4. The molecule has 2 rings (SSSR count). The summed E-state index contributed by atoms with van der Waals surface area (Å²) in [6, 6.07) is 9.76. The third kappa shape index (κ3) is 3.04. The molecule has 0 aliphatic heterocycles. The van der Waals surface area contributed by atoms with Gasteiger partial charge < -0.3 is 5.32 Å². The molecule has 0 radical (unpaired) electrons. The monoisotopic (exact) mass is 359 g/mol. The Bertz CT molecular complexity index is 584. The predicted octanol–water partition coefficient (Wildman–Crippen LogP) is 3.82. The van der Waals surface area contributed by atoms with E-state index in [1.165, 1.54) is 0 Å². The number of halogens is 3. The number of carbonyl (C=O) groups is 1. The highest BCUT2D eigenvalue weighted by molar-refractivity contribution is 14.1. The topological polar surface area (TPSA) is 29.1 Å². The van der Waals surface area contributed by atoms with Crippen LogP contribution in [0.25, 0.3) is 0 Å². The van der Waals surface area contributed by atoms with E-state index in [-0.39, 0.29) is 5.56 Å². The summed E-state index contributed by atoms with van der Waals surface area (Å²) in [6.07, 6.45) is 0. The fraction of sp³-hybridized carbons (Fsp3) is 0. The molecule has 5 heteroatoms. The molecule has 2 aromatic carbocycles. The van der Waals surface area contributed by atoms with Crippen molar-refractivity contribution in [3.63, 3.8) is 0 Å². The minimum atomic E-state index is -0.751. The molecule has 18 heavy (non-hydrogen) atoms. The van der Waals surface area contributed by atoms with Gasteiger partial charge in [-0.2, -0.15) is 0 Å². The smallest absolute Gasteiger partial charge is 0.258 e. The molecule has 0 bridgehead atoms. The summed E-state index contributed by atoms with van der Waals surface area (Å²) >= 11 is 2.13. The molecule has 92 valence electrons. The highest BCUT2D eigenvalue weighted by atomic mass is 127. The third-order valence-electron chi connectivity index (χ3n) is 2.28. The summed E-state index contributed by atoms with van der Waals surface area (Å²) in [4.78, 5) is 11.8. The molecule has 0 heterocycles. The highest BCUT2D eigenvalue weighted by Crippen LogP contribution is 2.15. The van der Waals surface area contributed by atoms with Crippen molar-refractivity contribution in [2.45, 2.75) is 0 Å². The van der Waals surface area contributed by atoms with E-state index >= 15 is 0 Å². The molecule has 1 amide bonds. The van der Waals surface area contributed by atoms with E-state index in [4.69, 9.17) is 0 Å². The summed E-state index contributed by atoms with van der Waals surface area (Å²) in [5.41, 5.74) is 0.220. The molecule has 1 N–H and O–H groups in total. The Morgan fingerprint density at radius 1 is 1.06 bits per heavy atom. The van der Waals surface area contributed by atoms with Crippen LogP contribution in [0.5, 0.6) is 0 Å². The first kappa shape index (κ1) is 12.9. The number of nitrogens with one attached hydrogen (secondary N) is 1. The Hall–Kier alpha value is -1.50. The van der Waals surface area contributed by atoms with E-state index in [1.807, 2.05) is 0 Å². The minimum absolute atomic E-state index is 0.312. The zero-order chi connectivity index (χ0) is 13.1. The third-order valence-corrected chi connectivity index (χ3v) is 2.99. The number of benzene rings is 2. The summed E-state index contributed by atoms with van der Waals surface area (Å²) in [6.45, 7) is 0. The maximum Gasteiger partial charge on any atom is 0.258 e. The molecule has 2 aromatic rings. The van der Waals surface area contributed by atoms with Crippen molar-refractivity contribution < 1.29 is 13.6 Å². The van der Waals surface area contributed by atoms with E-state index in [1.54, 1.807) is 24.3 Å². The van der Waals surface area contributed by atoms with Crippen LogP contribution in [0.15, 0.2) is 42.5 Å². The van der Waals surface area contributed by atoms with Crippen molar-refractivity contribution in [1.29, 1.82) is 0 Å². The van der Waals surface area contributed by atoms with Gasteiger partial charge in [-0.25, -0.2) is 8.78 Å². The molecule has 0 spiro atoms. The molecule has 0 fully saturated rings. The maximum absolute atomic E-state index is 13.4. The van der Waals surface area contributed by atoms with Gasteiger partial charge in [-0.3, -0.25) is 4.79 Å². The number of hydrogen-bond acceptors (Lipinski definition) is 1. The van der Waals surface area contributed by atoms with Gasteiger partial charge >= 0.3 is 0 Å². The van der Waals surface area contributed by atoms with Crippen LogP contribution >= 0.6 is 22.6 Å². The van der Waals surface area contributed by atoms with Crippen molar-refractivity contribution in [2.24, 2.45) is 0 Å². The van der Waals surface area contributed by atoms with E-state index in [0.717, 1.165) is 21.8 Å². The molecule has 0 aromatic heterocycles. The van der Waals surface area contributed by atoms with E-state index in [2.05, 4.69) is 27.9 Å². The van der Waals surface area contributed by atoms with Gasteiger partial charge in [0.15, 0.2) is 0 Å². The zero-order valence-electron chi connectivity index (χ0n) is 9.08. The van der Waals surface area contributed by atoms with Crippen LogP contribution < -0.4 is 5.32 Å². The summed E-state index contributed by atoms with van der Waals surface area (Å²) in [5.74, 6) is -2.07. The van der Waals surface area contributed by atoms with Gasteiger partial charge in [-0.05, 0) is 65.1 Å². The second-order valence-corrected chi connectivity index (χ2v) is 4.83. The fourth-order valence-corrected chi connectivity index (χ4v) is 1.76. The Morgan fingerprint density at radius 3 is 2.39 bits per heavy atom. The Morgan fingerprint density at radius 2 is 1.72 bits per heavy atom. The van der Waals surface area contributed by atoms with Gasteiger partial charge in [-0.1, -0.05) is 0 Å². The van der Waals surface area contributed by atoms with Crippen molar-refractivity contribution >= 4 is 34.2 Å². The number of anilines is 1. The lowest BCUT2D eigenvalue weighted by Gasteiger charge is -2.06. The average Bonchev–Trinajstić information content (AvgIpc) is 2.35. The molecular weight excluding hydrogens is 351 g/mol. The molecular formula is C13H8F2INO. The first-order valence-corrected chi connectivity index (χ1v) is 6.16. The number of hydrogen-bond donors (Lipinski definition) is 1. The second-order valence-electron chi connectivity index (χ2n) is 3.59. The first-order valence-electron chi connectivity index (χ1n) is 5.08. The predicted molar refractivity (Wildman–Crippen MR) is 73.5 cm³/mol. The Balaban J connectivity index is 2.21. The second kappa shape index (κ2) is 5.43. The SMILES string of the molecule is O=C(Nc1ccc(I)cc1)c1cc(F)ccc1F. The van der Waals surface area contributed by atoms with Crippen LogP contribution in [0.3, 0.4) is 0 Å². The van der Waals surface area contributed by atoms with Gasteiger partial charge in [0.2, 0.25) is 0 Å². The van der Waals surface area contributed by atoms with Gasteiger partial charge in [-0.15, -0.1) is 0 Å². The minimum Gasteiger partial charge on any atom is -0.322 e. The lowest BCUT2D eigenvalue weighted by Crippen LogP contribution is -2.14. The van der Waals surface area contributed by atoms with E-state index in [9.17, 15) is 13.6 Å². The lowest BCUT2D eigenvalue weighted by molar-refractivity contribution is 0.102. The van der Waals surface area contributed by atoms with Crippen LogP contribution in [-0.2, 0) is 0 Å². The lowest BCUT2D eigenvalue weighted by atomic mass is 10.2. The molecule has 2 nitrogen and oxygen atoms in total. The van der Waals surface area contributed by atoms with Crippen LogP contribution in [0, 0.1) is 15.2 Å². The van der Waals surface area contributed by atoms with Crippen LogP contribution in [0.2, 0.25) is 0 Å². The standard InChI is InChI=1S/C13H8F2INO/c14-8-1-6-12(15)11(7-8)13(18)17-10-4-2-9(16)3-5-10/h1-7H,(H,17,18). The molecule has 0 aliphatic rings.